The molecule has 1 aliphatic rings. The van der Waals surface area contributed by atoms with Crippen LogP contribution >= 0.6 is 0 Å². The van der Waals surface area contributed by atoms with E-state index in [-0.39, 0.29) is 42.4 Å². The lowest BCUT2D eigenvalue weighted by atomic mass is 10.0. The van der Waals surface area contributed by atoms with Crippen LogP contribution < -0.4 is 11.1 Å². The second kappa shape index (κ2) is 11.3. The molecule has 0 spiro atoms. The molecule has 1 aliphatic carbocycles. The third-order valence-corrected chi connectivity index (χ3v) is 5.98. The van der Waals surface area contributed by atoms with Gasteiger partial charge in [-0.05, 0) is 37.3 Å². The number of nitrogens with one attached hydrogen (secondary N) is 2. The molecule has 0 saturated heterocycles. The molecule has 1 saturated carbocycles. The molecule has 0 bridgehead atoms. The molecule has 3 rings (SSSR count). The van der Waals surface area contributed by atoms with E-state index in [0.29, 0.717) is 25.8 Å². The second-order valence-corrected chi connectivity index (χ2v) is 8.26. The summed E-state index contributed by atoms with van der Waals surface area (Å²) in [5.41, 5.74) is 7.32. The third-order valence-electron chi connectivity index (χ3n) is 5.98. The zero-order valence-corrected chi connectivity index (χ0v) is 18.5. The van der Waals surface area contributed by atoms with Crippen molar-refractivity contribution in [3.63, 3.8) is 0 Å². The van der Waals surface area contributed by atoms with Crippen LogP contribution in [0.5, 0.6) is 0 Å². The average molecular weight is 437 g/mol. The highest BCUT2D eigenvalue weighted by molar-refractivity contribution is 5.81. The molecule has 0 radical (unpaired) electrons. The predicted octanol–water partition coefficient (Wildman–Crippen LogP) is 4.00. The van der Waals surface area contributed by atoms with Gasteiger partial charge in [0.1, 0.15) is 6.61 Å². The zero-order valence-electron chi connectivity index (χ0n) is 18.5. The fourth-order valence-electron chi connectivity index (χ4n) is 4.22. The smallest absolute Gasteiger partial charge is 0.410 e. The molecule has 1 fully saturated rings. The van der Waals surface area contributed by atoms with E-state index in [0.717, 1.165) is 17.5 Å². The maximum Gasteiger partial charge on any atom is 0.410 e. The van der Waals surface area contributed by atoms with Gasteiger partial charge in [-0.1, -0.05) is 60.7 Å². The van der Waals surface area contributed by atoms with Crippen LogP contribution in [-0.4, -0.2) is 35.3 Å². The van der Waals surface area contributed by atoms with Crippen molar-refractivity contribution in [3.8, 4) is 0 Å². The van der Waals surface area contributed by atoms with Crippen molar-refractivity contribution in [2.24, 2.45) is 11.7 Å². The van der Waals surface area contributed by atoms with Gasteiger partial charge in [-0.15, -0.1) is 0 Å². The first-order valence-corrected chi connectivity index (χ1v) is 11.1. The number of nitrogens with two attached hydrogens (primary N) is 1. The number of hydrogen-bond acceptors (Lipinski definition) is 4. The monoisotopic (exact) mass is 436 g/mol. The molecule has 0 aliphatic heterocycles. The minimum Gasteiger partial charge on any atom is -0.445 e. The molecule has 3 atom stereocenters. The summed E-state index contributed by atoms with van der Waals surface area (Å²) in [6.45, 7) is 2.57. The lowest BCUT2D eigenvalue weighted by Crippen LogP contribution is -2.42. The van der Waals surface area contributed by atoms with Gasteiger partial charge in [0.2, 0.25) is 5.91 Å². The van der Waals surface area contributed by atoms with Gasteiger partial charge >= 0.3 is 6.09 Å². The molecular formula is C25H32N4O3. The van der Waals surface area contributed by atoms with Gasteiger partial charge in [0, 0.05) is 24.9 Å². The molecule has 170 valence electrons. The lowest BCUT2D eigenvalue weighted by Gasteiger charge is -2.34. The van der Waals surface area contributed by atoms with E-state index in [4.69, 9.17) is 15.9 Å². The fourth-order valence-corrected chi connectivity index (χ4v) is 4.22. The highest BCUT2D eigenvalue weighted by Gasteiger charge is 2.38. The number of ether oxygens (including phenoxy) is 1. The summed E-state index contributed by atoms with van der Waals surface area (Å²) in [7, 11) is 0. The number of nitrogens with zero attached hydrogens (tertiary/aromatic N) is 1. The normalized spacial score (nSPS) is 18.5. The lowest BCUT2D eigenvalue weighted by molar-refractivity contribution is -0.124. The van der Waals surface area contributed by atoms with E-state index in [1.54, 1.807) is 4.90 Å². The van der Waals surface area contributed by atoms with E-state index in [2.05, 4.69) is 5.32 Å². The number of carbonyl (C=O) groups excluding carboxylic acids is 2. The molecule has 7 nitrogen and oxygen atoms in total. The second-order valence-electron chi connectivity index (χ2n) is 8.26. The number of amides is 2. The van der Waals surface area contributed by atoms with Crippen LogP contribution in [-0.2, 0) is 16.1 Å². The Morgan fingerprint density at radius 2 is 1.78 bits per heavy atom. The Bertz CT molecular complexity index is 904. The van der Waals surface area contributed by atoms with Crippen LogP contribution in [0, 0.1) is 11.3 Å². The summed E-state index contributed by atoms with van der Waals surface area (Å²) in [6.07, 6.45) is 2.00. The fraction of sp³-hybridized carbons (Fsp3) is 0.400. The van der Waals surface area contributed by atoms with Gasteiger partial charge in [0.05, 0.1) is 11.9 Å². The van der Waals surface area contributed by atoms with Crippen LogP contribution in [0.4, 0.5) is 4.79 Å². The van der Waals surface area contributed by atoms with Crippen molar-refractivity contribution in [3.05, 3.63) is 71.8 Å². The zero-order chi connectivity index (χ0) is 22.9. The quantitative estimate of drug-likeness (QED) is 0.408. The average Bonchev–Trinajstić information content (AvgIpc) is 3.28. The van der Waals surface area contributed by atoms with Gasteiger partial charge in [-0.2, -0.15) is 0 Å². The van der Waals surface area contributed by atoms with Crippen molar-refractivity contribution in [1.82, 2.24) is 10.2 Å². The highest BCUT2D eigenvalue weighted by atomic mass is 16.6. The van der Waals surface area contributed by atoms with Crippen LogP contribution in [0.2, 0.25) is 0 Å². The van der Waals surface area contributed by atoms with Crippen molar-refractivity contribution >= 4 is 17.8 Å². The van der Waals surface area contributed by atoms with E-state index in [1.807, 2.05) is 67.6 Å². The Hall–Kier alpha value is -3.35. The molecule has 32 heavy (non-hydrogen) atoms. The van der Waals surface area contributed by atoms with Crippen LogP contribution in [0.1, 0.15) is 49.8 Å². The highest BCUT2D eigenvalue weighted by Crippen LogP contribution is 2.35. The Kier molecular flexibility index (Phi) is 8.25. The molecular weight excluding hydrogens is 404 g/mol. The largest absolute Gasteiger partial charge is 0.445 e. The molecule has 0 aromatic heterocycles. The van der Waals surface area contributed by atoms with Crippen molar-refractivity contribution < 1.29 is 14.3 Å². The van der Waals surface area contributed by atoms with Crippen LogP contribution in [0.15, 0.2) is 60.7 Å². The minimum absolute atomic E-state index is 0.0429. The molecule has 2 aromatic rings. The molecule has 2 amide bonds. The standard InChI is InChI=1S/C25H32N4O3/c1-18(20-10-6-3-7-11-20)29(25(31)32-17-19-8-4-2-5-9-19)22-13-12-21(16-22)24(30)28-15-14-23(26)27/h2-11,18,21-22H,12-17H2,1H3,(H3,26,27)(H,28,30)/t18-,21+,22-/m0/s1. The first kappa shape index (κ1) is 23.3. The molecule has 4 N–H and O–H groups in total. The van der Waals surface area contributed by atoms with Gasteiger partial charge in [0.15, 0.2) is 0 Å². The first-order chi connectivity index (χ1) is 15.5. The van der Waals surface area contributed by atoms with Crippen molar-refractivity contribution in [2.45, 2.75) is 51.3 Å². The van der Waals surface area contributed by atoms with Gasteiger partial charge in [0.25, 0.3) is 0 Å². The Morgan fingerprint density at radius 3 is 2.44 bits per heavy atom. The van der Waals surface area contributed by atoms with E-state index in [9.17, 15) is 9.59 Å². The van der Waals surface area contributed by atoms with Crippen LogP contribution in [0.25, 0.3) is 0 Å². The summed E-state index contributed by atoms with van der Waals surface area (Å²) < 4.78 is 5.68. The predicted molar refractivity (Wildman–Crippen MR) is 124 cm³/mol. The Balaban J connectivity index is 1.69. The Morgan fingerprint density at radius 1 is 1.12 bits per heavy atom. The number of hydrogen-bond donors (Lipinski definition) is 3. The molecule has 2 aromatic carbocycles. The van der Waals surface area contributed by atoms with Gasteiger partial charge in [-0.25, -0.2) is 4.79 Å². The number of benzene rings is 2. The maximum absolute atomic E-state index is 13.2. The summed E-state index contributed by atoms with van der Waals surface area (Å²) in [4.78, 5) is 27.6. The van der Waals surface area contributed by atoms with E-state index in [1.165, 1.54) is 0 Å². The summed E-state index contributed by atoms with van der Waals surface area (Å²) in [5, 5.41) is 10.1. The van der Waals surface area contributed by atoms with Crippen LogP contribution in [0.3, 0.4) is 0 Å². The third kappa shape index (κ3) is 6.33. The summed E-state index contributed by atoms with van der Waals surface area (Å²) in [5.74, 6) is -0.156. The summed E-state index contributed by atoms with van der Waals surface area (Å²) >= 11 is 0. The Labute approximate surface area is 189 Å². The molecule has 0 unspecified atom stereocenters. The van der Waals surface area contributed by atoms with Crippen molar-refractivity contribution in [1.29, 1.82) is 5.41 Å². The number of carbonyl (C=O) groups is 2. The van der Waals surface area contributed by atoms with Gasteiger partial charge in [-0.3, -0.25) is 15.1 Å². The number of rotatable bonds is 9. The van der Waals surface area contributed by atoms with Gasteiger partial charge < -0.3 is 15.8 Å². The molecule has 0 heterocycles. The number of amidine groups is 1. The molecule has 7 heteroatoms. The minimum atomic E-state index is -0.368. The SMILES string of the molecule is C[C@@H](c1ccccc1)N(C(=O)OCc1ccccc1)[C@H]1CC[C@@H](C(=O)NCCC(=N)N)C1. The summed E-state index contributed by atoms with van der Waals surface area (Å²) in [6, 6.07) is 19.2. The van der Waals surface area contributed by atoms with E-state index < -0.39 is 0 Å². The van der Waals surface area contributed by atoms with E-state index >= 15 is 0 Å². The maximum atomic E-state index is 13.2. The topological polar surface area (TPSA) is 109 Å². The first-order valence-electron chi connectivity index (χ1n) is 11.1. The van der Waals surface area contributed by atoms with Crippen molar-refractivity contribution in [2.75, 3.05) is 6.54 Å².